The fraction of sp³-hybridized carbons (Fsp3) is 0.350. The highest BCUT2D eigenvalue weighted by atomic mass is 19.4. The molecular weight excluding hydrogens is 427 g/mol. The first-order valence-corrected chi connectivity index (χ1v) is 9.82. The van der Waals surface area contributed by atoms with Gasteiger partial charge >= 0.3 is 6.18 Å². The first-order chi connectivity index (χ1) is 15.2. The van der Waals surface area contributed by atoms with Crippen molar-refractivity contribution in [2.75, 3.05) is 31.3 Å². The maximum atomic E-state index is 13.3. The van der Waals surface area contributed by atoms with Crippen molar-refractivity contribution >= 4 is 11.7 Å². The number of benzene rings is 1. The number of hydrogen-bond acceptors (Lipinski definition) is 7. The van der Waals surface area contributed by atoms with Crippen molar-refractivity contribution in [1.82, 2.24) is 29.9 Å². The standard InChI is InChI=1S/C20H20F3N7O2/c1-13-3-4-16(30-24-5-6-25-30)15(11-13)19(31)28-7-8-29(32-10-9-28)18-12-17(20(21,22)23)26-14(2)27-18/h3-6,11-12H,7-10H2,1-2H3. The van der Waals surface area contributed by atoms with Gasteiger partial charge in [0.05, 0.1) is 36.8 Å². The molecule has 2 aromatic heterocycles. The van der Waals surface area contributed by atoms with E-state index in [9.17, 15) is 18.0 Å². The van der Waals surface area contributed by atoms with Gasteiger partial charge in [0.2, 0.25) is 0 Å². The number of carbonyl (C=O) groups is 1. The number of rotatable bonds is 3. The van der Waals surface area contributed by atoms with Gasteiger partial charge in [0.25, 0.3) is 5.91 Å². The van der Waals surface area contributed by atoms with Crippen molar-refractivity contribution < 1.29 is 22.8 Å². The highest BCUT2D eigenvalue weighted by Crippen LogP contribution is 2.30. The molecule has 3 aromatic rings. The van der Waals surface area contributed by atoms with Crippen LogP contribution < -0.4 is 5.06 Å². The van der Waals surface area contributed by atoms with Gasteiger partial charge in [-0.1, -0.05) is 11.6 Å². The third-order valence-corrected chi connectivity index (χ3v) is 4.86. The van der Waals surface area contributed by atoms with Crippen LogP contribution in [0.15, 0.2) is 36.7 Å². The summed E-state index contributed by atoms with van der Waals surface area (Å²) < 4.78 is 39.4. The summed E-state index contributed by atoms with van der Waals surface area (Å²) in [7, 11) is 0. The van der Waals surface area contributed by atoms with E-state index in [-0.39, 0.29) is 43.8 Å². The minimum atomic E-state index is -4.60. The van der Waals surface area contributed by atoms with Gasteiger partial charge < -0.3 is 4.90 Å². The third-order valence-electron chi connectivity index (χ3n) is 4.86. The second-order valence-corrected chi connectivity index (χ2v) is 7.22. The van der Waals surface area contributed by atoms with E-state index >= 15 is 0 Å². The molecular formula is C20H20F3N7O2. The van der Waals surface area contributed by atoms with E-state index in [0.717, 1.165) is 11.6 Å². The smallest absolute Gasteiger partial charge is 0.334 e. The van der Waals surface area contributed by atoms with Crippen LogP contribution in [0.2, 0.25) is 0 Å². The zero-order valence-corrected chi connectivity index (χ0v) is 17.4. The quantitative estimate of drug-likeness (QED) is 0.610. The Morgan fingerprint density at radius 1 is 1.03 bits per heavy atom. The van der Waals surface area contributed by atoms with Gasteiger partial charge in [-0.3, -0.25) is 9.63 Å². The Morgan fingerprint density at radius 2 is 1.78 bits per heavy atom. The normalized spacial score (nSPS) is 15.0. The number of hydroxylamine groups is 1. The molecule has 3 heterocycles. The zero-order chi connectivity index (χ0) is 22.9. The Hall–Kier alpha value is -3.54. The van der Waals surface area contributed by atoms with E-state index in [0.29, 0.717) is 11.3 Å². The Kier molecular flexibility index (Phi) is 5.78. The predicted octanol–water partition coefficient (Wildman–Crippen LogP) is 2.59. The number of anilines is 1. The van der Waals surface area contributed by atoms with Gasteiger partial charge in [-0.15, -0.1) is 0 Å². The lowest BCUT2D eigenvalue weighted by molar-refractivity contribution is -0.141. The maximum Gasteiger partial charge on any atom is 0.433 e. The molecule has 1 fully saturated rings. The molecule has 12 heteroatoms. The van der Waals surface area contributed by atoms with E-state index < -0.39 is 11.9 Å². The summed E-state index contributed by atoms with van der Waals surface area (Å²) in [5.41, 5.74) is 0.811. The molecule has 0 N–H and O–H groups in total. The average molecular weight is 447 g/mol. The van der Waals surface area contributed by atoms with Crippen molar-refractivity contribution in [2.45, 2.75) is 20.0 Å². The molecule has 0 atom stereocenters. The molecule has 0 radical (unpaired) electrons. The minimum Gasteiger partial charge on any atom is -0.334 e. The van der Waals surface area contributed by atoms with Crippen molar-refractivity contribution in [2.24, 2.45) is 0 Å². The molecule has 1 aromatic carbocycles. The van der Waals surface area contributed by atoms with Crippen LogP contribution in [0, 0.1) is 13.8 Å². The van der Waals surface area contributed by atoms with Crippen LogP contribution in [0.25, 0.3) is 5.69 Å². The lowest BCUT2D eigenvalue weighted by Crippen LogP contribution is -2.36. The van der Waals surface area contributed by atoms with Gasteiger partial charge in [0, 0.05) is 19.2 Å². The maximum absolute atomic E-state index is 13.3. The van der Waals surface area contributed by atoms with Crippen LogP contribution >= 0.6 is 0 Å². The number of halogens is 3. The topological polar surface area (TPSA) is 89.3 Å². The molecule has 4 rings (SSSR count). The summed E-state index contributed by atoms with van der Waals surface area (Å²) in [6, 6.07) is 6.23. The molecule has 1 saturated heterocycles. The van der Waals surface area contributed by atoms with E-state index in [1.165, 1.54) is 29.2 Å². The monoisotopic (exact) mass is 447 g/mol. The molecule has 1 aliphatic rings. The van der Waals surface area contributed by atoms with Crippen LogP contribution in [0.3, 0.4) is 0 Å². The van der Waals surface area contributed by atoms with E-state index in [1.54, 1.807) is 17.0 Å². The lowest BCUT2D eigenvalue weighted by Gasteiger charge is -2.22. The number of alkyl halides is 3. The summed E-state index contributed by atoms with van der Waals surface area (Å²) in [5, 5.41) is 9.48. The van der Waals surface area contributed by atoms with Crippen molar-refractivity contribution in [1.29, 1.82) is 0 Å². The highest BCUT2D eigenvalue weighted by molar-refractivity contribution is 5.98. The van der Waals surface area contributed by atoms with Crippen LogP contribution in [-0.2, 0) is 11.0 Å². The summed E-state index contributed by atoms with van der Waals surface area (Å²) in [4.78, 5) is 29.4. The summed E-state index contributed by atoms with van der Waals surface area (Å²) in [6.07, 6.45) is -1.56. The number of hydrogen-bond donors (Lipinski definition) is 0. The molecule has 0 unspecified atom stereocenters. The van der Waals surface area contributed by atoms with Crippen LogP contribution in [0.5, 0.6) is 0 Å². The lowest BCUT2D eigenvalue weighted by atomic mass is 10.1. The van der Waals surface area contributed by atoms with Gasteiger partial charge in [0.1, 0.15) is 11.5 Å². The number of carbonyl (C=O) groups excluding carboxylic acids is 1. The number of aromatic nitrogens is 5. The fourth-order valence-electron chi connectivity index (χ4n) is 3.36. The highest BCUT2D eigenvalue weighted by Gasteiger charge is 2.34. The van der Waals surface area contributed by atoms with Crippen molar-refractivity contribution in [3.8, 4) is 5.69 Å². The number of amides is 1. The average Bonchev–Trinajstić information content (AvgIpc) is 3.16. The molecule has 168 valence electrons. The first kappa shape index (κ1) is 21.7. The molecule has 32 heavy (non-hydrogen) atoms. The zero-order valence-electron chi connectivity index (χ0n) is 17.4. The van der Waals surface area contributed by atoms with Crippen molar-refractivity contribution in [3.05, 3.63) is 59.3 Å². The van der Waals surface area contributed by atoms with Crippen LogP contribution in [-0.4, -0.2) is 62.0 Å². The van der Waals surface area contributed by atoms with E-state index in [1.807, 2.05) is 13.0 Å². The molecule has 0 bridgehead atoms. The van der Waals surface area contributed by atoms with Crippen molar-refractivity contribution in [3.63, 3.8) is 0 Å². The fourth-order valence-corrected chi connectivity index (χ4v) is 3.36. The Bertz CT molecular complexity index is 1120. The molecule has 0 saturated carbocycles. The molecule has 9 nitrogen and oxygen atoms in total. The second kappa shape index (κ2) is 8.54. The first-order valence-electron chi connectivity index (χ1n) is 9.82. The molecule has 1 aliphatic heterocycles. The second-order valence-electron chi connectivity index (χ2n) is 7.22. The van der Waals surface area contributed by atoms with E-state index in [2.05, 4.69) is 20.2 Å². The van der Waals surface area contributed by atoms with Gasteiger partial charge in [-0.05, 0) is 26.0 Å². The number of nitrogens with zero attached hydrogens (tertiary/aromatic N) is 7. The Balaban J connectivity index is 1.56. The van der Waals surface area contributed by atoms with Gasteiger partial charge in [-0.2, -0.15) is 28.2 Å². The summed E-state index contributed by atoms with van der Waals surface area (Å²) >= 11 is 0. The molecule has 0 aliphatic carbocycles. The predicted molar refractivity (Wildman–Crippen MR) is 107 cm³/mol. The van der Waals surface area contributed by atoms with E-state index in [4.69, 9.17) is 4.84 Å². The van der Waals surface area contributed by atoms with Gasteiger partial charge in [0.15, 0.2) is 5.82 Å². The molecule has 1 amide bonds. The molecule has 0 spiro atoms. The Labute approximate surface area is 181 Å². The summed E-state index contributed by atoms with van der Waals surface area (Å²) in [6.45, 7) is 3.97. The SMILES string of the molecule is Cc1ccc(-n2nccn2)c(C(=O)N2CCON(c3cc(C(F)(F)F)nc(C)n3)CC2)c1. The van der Waals surface area contributed by atoms with Gasteiger partial charge in [-0.25, -0.2) is 15.0 Å². The van der Waals surface area contributed by atoms with Crippen LogP contribution in [0.4, 0.5) is 19.0 Å². The minimum absolute atomic E-state index is 0.00360. The Morgan fingerprint density at radius 3 is 2.50 bits per heavy atom. The summed E-state index contributed by atoms with van der Waals surface area (Å²) in [5.74, 6) is -0.274. The number of aryl methyl sites for hydroxylation is 2. The third kappa shape index (κ3) is 4.54. The van der Waals surface area contributed by atoms with Crippen LogP contribution in [0.1, 0.15) is 27.4 Å². The largest absolute Gasteiger partial charge is 0.433 e.